The van der Waals surface area contributed by atoms with Crippen molar-refractivity contribution in [2.75, 3.05) is 19.3 Å². The first-order valence-corrected chi connectivity index (χ1v) is 7.55. The summed E-state index contributed by atoms with van der Waals surface area (Å²) in [6, 6.07) is 0. The molecule has 3 atom stereocenters. The molecule has 0 amide bonds. The van der Waals surface area contributed by atoms with Gasteiger partial charge in [0.15, 0.2) is 0 Å². The molecule has 1 saturated heterocycles. The van der Waals surface area contributed by atoms with Gasteiger partial charge in [0.05, 0.1) is 0 Å². The van der Waals surface area contributed by atoms with Crippen molar-refractivity contribution in [3.63, 3.8) is 0 Å². The molecule has 0 radical (unpaired) electrons. The van der Waals surface area contributed by atoms with Crippen molar-refractivity contribution in [3.8, 4) is 0 Å². The molecule has 14 heavy (non-hydrogen) atoms. The highest BCUT2D eigenvalue weighted by Gasteiger charge is 2.14. The van der Waals surface area contributed by atoms with Crippen LogP contribution < -0.4 is 5.32 Å². The molecule has 84 valence electrons. The van der Waals surface area contributed by atoms with Gasteiger partial charge in [-0.1, -0.05) is 26.7 Å². The average Bonchev–Trinajstić information content (AvgIpc) is 2.67. The summed E-state index contributed by atoms with van der Waals surface area (Å²) in [4.78, 5) is 0. The minimum absolute atomic E-state index is 0.875. The quantitative estimate of drug-likeness (QED) is 0.643. The third kappa shape index (κ3) is 5.32. The molecule has 0 aliphatic carbocycles. The molecule has 2 heteroatoms. The maximum atomic E-state index is 3.64. The van der Waals surface area contributed by atoms with E-state index in [1.165, 1.54) is 59.9 Å². The third-order valence-corrected chi connectivity index (χ3v) is 4.81. The van der Waals surface area contributed by atoms with Crippen molar-refractivity contribution in [2.24, 2.45) is 5.92 Å². The van der Waals surface area contributed by atoms with E-state index < -0.39 is 0 Å². The number of hydrogen-bond acceptors (Lipinski definition) is 1. The van der Waals surface area contributed by atoms with E-state index in [0.29, 0.717) is 0 Å². The van der Waals surface area contributed by atoms with Gasteiger partial charge in [0.2, 0.25) is 0 Å². The standard InChI is InChI=1S/C12H26NP/c1-3-4-6-11(2)9-13-10-12-7-5-8-14-12/h11-14H,3-10H2,1-2H3. The molecule has 1 heterocycles. The summed E-state index contributed by atoms with van der Waals surface area (Å²) < 4.78 is 0. The summed E-state index contributed by atoms with van der Waals surface area (Å²) in [7, 11) is 1.24. The van der Waals surface area contributed by atoms with Gasteiger partial charge in [-0.3, -0.25) is 0 Å². The van der Waals surface area contributed by atoms with Crippen molar-refractivity contribution in [1.82, 2.24) is 5.32 Å². The summed E-state index contributed by atoms with van der Waals surface area (Å²) in [5.41, 5.74) is 1.02. The van der Waals surface area contributed by atoms with E-state index in [9.17, 15) is 0 Å². The van der Waals surface area contributed by atoms with Crippen molar-refractivity contribution >= 4 is 8.58 Å². The minimum atomic E-state index is 0.875. The summed E-state index contributed by atoms with van der Waals surface area (Å²) in [5.74, 6) is 0.875. The Bertz CT molecular complexity index is 132. The van der Waals surface area contributed by atoms with Crippen molar-refractivity contribution in [1.29, 1.82) is 0 Å². The molecule has 1 aliphatic heterocycles. The first-order chi connectivity index (χ1) is 6.83. The number of nitrogens with one attached hydrogen (secondary N) is 1. The second-order valence-corrected chi connectivity index (χ2v) is 6.42. The lowest BCUT2D eigenvalue weighted by Gasteiger charge is -2.14. The Hall–Kier alpha value is 0.390. The van der Waals surface area contributed by atoms with Gasteiger partial charge in [0, 0.05) is 6.54 Å². The molecular weight excluding hydrogens is 189 g/mol. The van der Waals surface area contributed by atoms with Gasteiger partial charge < -0.3 is 5.32 Å². The topological polar surface area (TPSA) is 12.0 Å². The normalized spacial score (nSPS) is 25.7. The number of rotatable bonds is 7. The summed E-state index contributed by atoms with van der Waals surface area (Å²) >= 11 is 0. The highest BCUT2D eigenvalue weighted by molar-refractivity contribution is 7.39. The van der Waals surface area contributed by atoms with E-state index in [4.69, 9.17) is 0 Å². The smallest absolute Gasteiger partial charge is 0.00167 e. The van der Waals surface area contributed by atoms with Crippen LogP contribution in [0.1, 0.15) is 46.0 Å². The molecule has 0 aromatic carbocycles. The van der Waals surface area contributed by atoms with Crippen LogP contribution in [0.4, 0.5) is 0 Å². The van der Waals surface area contributed by atoms with Crippen LogP contribution in [0.3, 0.4) is 0 Å². The van der Waals surface area contributed by atoms with Crippen LogP contribution in [0, 0.1) is 5.92 Å². The molecule has 1 N–H and O–H groups in total. The van der Waals surface area contributed by atoms with E-state index in [0.717, 1.165) is 11.6 Å². The van der Waals surface area contributed by atoms with E-state index in [-0.39, 0.29) is 0 Å². The van der Waals surface area contributed by atoms with Gasteiger partial charge in [-0.15, -0.1) is 8.58 Å². The van der Waals surface area contributed by atoms with Crippen LogP contribution in [-0.2, 0) is 0 Å². The fourth-order valence-electron chi connectivity index (χ4n) is 2.09. The molecule has 0 aromatic heterocycles. The van der Waals surface area contributed by atoms with Gasteiger partial charge in [0.1, 0.15) is 0 Å². The molecule has 3 unspecified atom stereocenters. The first kappa shape index (κ1) is 12.5. The predicted molar refractivity (Wildman–Crippen MR) is 67.8 cm³/mol. The second-order valence-electron chi connectivity index (χ2n) is 4.70. The minimum Gasteiger partial charge on any atom is -0.316 e. The van der Waals surface area contributed by atoms with Crippen LogP contribution in [0.2, 0.25) is 0 Å². The Morgan fingerprint density at radius 1 is 1.50 bits per heavy atom. The molecule has 1 fully saturated rings. The van der Waals surface area contributed by atoms with Crippen LogP contribution >= 0.6 is 8.58 Å². The monoisotopic (exact) mass is 215 g/mol. The fraction of sp³-hybridized carbons (Fsp3) is 1.00. The second kappa shape index (κ2) is 7.65. The zero-order valence-electron chi connectivity index (χ0n) is 9.81. The lowest BCUT2D eigenvalue weighted by Crippen LogP contribution is -2.27. The number of hydrogen-bond donors (Lipinski definition) is 1. The maximum absolute atomic E-state index is 3.64. The van der Waals surface area contributed by atoms with Crippen molar-refractivity contribution < 1.29 is 0 Å². The van der Waals surface area contributed by atoms with Gasteiger partial charge in [-0.05, 0) is 43.5 Å². The fourth-order valence-corrected chi connectivity index (χ4v) is 3.60. The molecule has 0 aromatic rings. The van der Waals surface area contributed by atoms with Crippen LogP contribution in [-0.4, -0.2) is 24.9 Å². The average molecular weight is 215 g/mol. The van der Waals surface area contributed by atoms with Gasteiger partial charge in [-0.2, -0.15) is 0 Å². The Kier molecular flexibility index (Phi) is 6.81. The zero-order valence-corrected chi connectivity index (χ0v) is 10.8. The summed E-state index contributed by atoms with van der Waals surface area (Å²) in [6.07, 6.45) is 8.60. The Balaban J connectivity index is 1.91. The van der Waals surface area contributed by atoms with Crippen LogP contribution in [0.15, 0.2) is 0 Å². The van der Waals surface area contributed by atoms with Gasteiger partial charge in [0.25, 0.3) is 0 Å². The van der Waals surface area contributed by atoms with Crippen LogP contribution in [0.5, 0.6) is 0 Å². The van der Waals surface area contributed by atoms with Gasteiger partial charge >= 0.3 is 0 Å². The zero-order chi connectivity index (χ0) is 10.2. The Morgan fingerprint density at radius 2 is 2.36 bits per heavy atom. The van der Waals surface area contributed by atoms with Gasteiger partial charge in [-0.25, -0.2) is 0 Å². The van der Waals surface area contributed by atoms with E-state index in [2.05, 4.69) is 19.2 Å². The predicted octanol–water partition coefficient (Wildman–Crippen LogP) is 3.24. The molecular formula is C12H26NP. The lowest BCUT2D eigenvalue weighted by molar-refractivity contribution is 0.462. The maximum Gasteiger partial charge on any atom is 0.00167 e. The third-order valence-electron chi connectivity index (χ3n) is 3.10. The lowest BCUT2D eigenvalue weighted by atomic mass is 10.0. The molecule has 1 aliphatic rings. The molecule has 0 spiro atoms. The SMILES string of the molecule is CCCCC(C)CNCC1CCCP1. The largest absolute Gasteiger partial charge is 0.316 e. The Morgan fingerprint density at radius 3 is 3.00 bits per heavy atom. The van der Waals surface area contributed by atoms with Crippen molar-refractivity contribution in [2.45, 2.75) is 51.6 Å². The molecule has 1 rings (SSSR count). The van der Waals surface area contributed by atoms with Crippen LogP contribution in [0.25, 0.3) is 0 Å². The molecule has 0 bridgehead atoms. The first-order valence-electron chi connectivity index (χ1n) is 6.27. The Labute approximate surface area is 91.2 Å². The summed E-state index contributed by atoms with van der Waals surface area (Å²) in [6.45, 7) is 7.18. The molecule has 1 nitrogen and oxygen atoms in total. The van der Waals surface area contributed by atoms with E-state index in [1.807, 2.05) is 0 Å². The van der Waals surface area contributed by atoms with Crippen molar-refractivity contribution in [3.05, 3.63) is 0 Å². The highest BCUT2D eigenvalue weighted by atomic mass is 31.1. The van der Waals surface area contributed by atoms with E-state index >= 15 is 0 Å². The van der Waals surface area contributed by atoms with E-state index in [1.54, 1.807) is 0 Å². The molecule has 0 saturated carbocycles. The highest BCUT2D eigenvalue weighted by Crippen LogP contribution is 2.31. The number of unbranched alkanes of at least 4 members (excludes halogenated alkanes) is 1. The summed E-state index contributed by atoms with van der Waals surface area (Å²) in [5, 5.41) is 3.64.